The molecule has 0 aliphatic heterocycles. The maximum atomic E-state index is 13.8. The number of benzene rings is 3. The van der Waals surface area contributed by atoms with Gasteiger partial charge in [-0.2, -0.15) is 0 Å². The monoisotopic (exact) mass is 391 g/mol. The molecule has 0 aliphatic carbocycles. The van der Waals surface area contributed by atoms with E-state index in [1.165, 1.54) is 0 Å². The minimum absolute atomic E-state index is 0.389. The largest absolute Gasteiger partial charge is 0.326 e. The van der Waals surface area contributed by atoms with Gasteiger partial charge in [0.25, 0.3) is 0 Å². The molecular weight excluding hydrogens is 377 g/mol. The second kappa shape index (κ2) is 8.21. The van der Waals surface area contributed by atoms with Gasteiger partial charge in [-0.15, -0.1) is 0 Å². The van der Waals surface area contributed by atoms with Crippen LogP contribution in [0.5, 0.6) is 0 Å². The van der Waals surface area contributed by atoms with Crippen molar-refractivity contribution in [3.8, 4) is 0 Å². The summed E-state index contributed by atoms with van der Waals surface area (Å²) in [4.78, 5) is 12.2. The van der Waals surface area contributed by atoms with Gasteiger partial charge >= 0.3 is 0 Å². The molecule has 3 aromatic rings. The molecule has 0 heterocycles. The van der Waals surface area contributed by atoms with Gasteiger partial charge in [0.2, 0.25) is 11.7 Å². The second-order valence-corrected chi connectivity index (χ2v) is 6.09. The maximum Gasteiger partial charge on any atom is 0.229 e. The summed E-state index contributed by atoms with van der Waals surface area (Å²) < 4.78 is 67.2. The summed E-state index contributed by atoms with van der Waals surface area (Å²) in [5.74, 6) is -11.3. The van der Waals surface area contributed by atoms with Crippen molar-refractivity contribution in [2.24, 2.45) is 0 Å². The van der Waals surface area contributed by atoms with Crippen molar-refractivity contribution < 1.29 is 26.7 Å². The Morgan fingerprint density at radius 2 is 1.25 bits per heavy atom. The van der Waals surface area contributed by atoms with E-state index in [1.807, 2.05) is 30.3 Å². The Balaban J connectivity index is 1.82. The SMILES string of the molecule is O=C(Cc1c(F)c(F)c(F)c(F)c1F)Nc1ccccc1Cc1ccccc1. The van der Waals surface area contributed by atoms with Gasteiger partial charge < -0.3 is 5.32 Å². The number of nitrogens with one attached hydrogen (secondary N) is 1. The Kier molecular flexibility index (Phi) is 5.73. The van der Waals surface area contributed by atoms with Crippen LogP contribution in [0.4, 0.5) is 27.6 Å². The average Bonchev–Trinajstić information content (AvgIpc) is 2.70. The summed E-state index contributed by atoms with van der Waals surface area (Å²) in [6.07, 6.45) is -0.509. The summed E-state index contributed by atoms with van der Waals surface area (Å²) in [7, 11) is 0. The molecule has 28 heavy (non-hydrogen) atoms. The Hall–Kier alpha value is -3.22. The molecule has 0 aromatic heterocycles. The lowest BCUT2D eigenvalue weighted by molar-refractivity contribution is -0.115. The standard InChI is InChI=1S/C21H14F5NO/c22-17-14(18(23)20(25)21(26)19(17)24)11-16(28)27-15-9-5-4-8-13(15)10-12-6-2-1-3-7-12/h1-9H,10-11H2,(H,27,28). The van der Waals surface area contributed by atoms with Crippen LogP contribution in [0.15, 0.2) is 54.6 Å². The molecule has 7 heteroatoms. The van der Waals surface area contributed by atoms with E-state index in [0.29, 0.717) is 12.1 Å². The van der Waals surface area contributed by atoms with Crippen LogP contribution in [0.25, 0.3) is 0 Å². The van der Waals surface area contributed by atoms with E-state index in [0.717, 1.165) is 11.1 Å². The third kappa shape index (κ3) is 4.03. The molecule has 0 saturated carbocycles. The van der Waals surface area contributed by atoms with E-state index < -0.39 is 47.0 Å². The van der Waals surface area contributed by atoms with Gasteiger partial charge in [0.05, 0.1) is 6.42 Å². The van der Waals surface area contributed by atoms with E-state index in [-0.39, 0.29) is 0 Å². The van der Waals surface area contributed by atoms with Crippen molar-refractivity contribution in [1.29, 1.82) is 0 Å². The second-order valence-electron chi connectivity index (χ2n) is 6.09. The Labute approximate surface area is 157 Å². The zero-order chi connectivity index (χ0) is 20.3. The van der Waals surface area contributed by atoms with Gasteiger partial charge in [-0.1, -0.05) is 48.5 Å². The van der Waals surface area contributed by atoms with Crippen LogP contribution in [0.3, 0.4) is 0 Å². The molecule has 1 amide bonds. The van der Waals surface area contributed by atoms with E-state index >= 15 is 0 Å². The number of hydrogen-bond donors (Lipinski definition) is 1. The first-order valence-corrected chi connectivity index (χ1v) is 8.30. The normalized spacial score (nSPS) is 10.8. The molecule has 0 unspecified atom stereocenters. The Bertz CT molecular complexity index is 992. The molecule has 2 nitrogen and oxygen atoms in total. The van der Waals surface area contributed by atoms with Gasteiger partial charge in [0.1, 0.15) is 0 Å². The van der Waals surface area contributed by atoms with Crippen LogP contribution < -0.4 is 5.32 Å². The van der Waals surface area contributed by atoms with Gasteiger partial charge in [0, 0.05) is 11.3 Å². The van der Waals surface area contributed by atoms with E-state index in [9.17, 15) is 26.7 Å². The fraction of sp³-hybridized carbons (Fsp3) is 0.0952. The summed E-state index contributed by atoms with van der Waals surface area (Å²) in [6.45, 7) is 0. The van der Waals surface area contributed by atoms with Crippen LogP contribution >= 0.6 is 0 Å². The predicted octanol–water partition coefficient (Wildman–Crippen LogP) is 5.15. The van der Waals surface area contributed by atoms with Crippen molar-refractivity contribution in [3.05, 3.63) is 100 Å². The Morgan fingerprint density at radius 3 is 1.89 bits per heavy atom. The van der Waals surface area contributed by atoms with E-state index in [4.69, 9.17) is 0 Å². The fourth-order valence-corrected chi connectivity index (χ4v) is 2.77. The molecule has 0 fully saturated rings. The highest BCUT2D eigenvalue weighted by molar-refractivity contribution is 5.93. The third-order valence-electron chi connectivity index (χ3n) is 4.17. The van der Waals surface area contributed by atoms with Crippen molar-refractivity contribution >= 4 is 11.6 Å². The molecule has 144 valence electrons. The summed E-state index contributed by atoms with van der Waals surface area (Å²) in [6, 6.07) is 16.2. The molecule has 0 radical (unpaired) electrons. The molecule has 0 atom stereocenters. The van der Waals surface area contributed by atoms with Crippen LogP contribution in [0.2, 0.25) is 0 Å². The zero-order valence-corrected chi connectivity index (χ0v) is 14.4. The van der Waals surface area contributed by atoms with Gasteiger partial charge in [-0.3, -0.25) is 4.79 Å². The molecule has 0 aliphatic rings. The maximum absolute atomic E-state index is 13.8. The van der Waals surface area contributed by atoms with Gasteiger partial charge in [-0.05, 0) is 23.6 Å². The lowest BCUT2D eigenvalue weighted by Crippen LogP contribution is -2.19. The van der Waals surface area contributed by atoms with Crippen LogP contribution in [-0.4, -0.2) is 5.91 Å². The van der Waals surface area contributed by atoms with Crippen molar-refractivity contribution in [2.45, 2.75) is 12.8 Å². The number of hydrogen-bond acceptors (Lipinski definition) is 1. The minimum atomic E-state index is -2.26. The Morgan fingerprint density at radius 1 is 0.714 bits per heavy atom. The minimum Gasteiger partial charge on any atom is -0.326 e. The number of carbonyl (C=O) groups is 1. The lowest BCUT2D eigenvalue weighted by atomic mass is 10.0. The van der Waals surface area contributed by atoms with Crippen molar-refractivity contribution in [2.75, 3.05) is 5.32 Å². The first-order chi connectivity index (χ1) is 13.4. The fourth-order valence-electron chi connectivity index (χ4n) is 2.77. The number of amides is 1. The predicted molar refractivity (Wildman–Crippen MR) is 94.3 cm³/mol. The van der Waals surface area contributed by atoms with Crippen LogP contribution in [0.1, 0.15) is 16.7 Å². The van der Waals surface area contributed by atoms with E-state index in [1.54, 1.807) is 24.3 Å². The summed E-state index contributed by atoms with van der Waals surface area (Å²) in [5, 5.41) is 2.48. The number of anilines is 1. The van der Waals surface area contributed by atoms with Crippen molar-refractivity contribution in [1.82, 2.24) is 0 Å². The van der Waals surface area contributed by atoms with Gasteiger partial charge in [0.15, 0.2) is 23.3 Å². The quantitative estimate of drug-likeness (QED) is 0.364. The molecule has 0 saturated heterocycles. The first kappa shape index (κ1) is 19.5. The average molecular weight is 391 g/mol. The highest BCUT2D eigenvalue weighted by Crippen LogP contribution is 2.24. The van der Waals surface area contributed by atoms with Crippen molar-refractivity contribution in [3.63, 3.8) is 0 Å². The number of rotatable bonds is 5. The van der Waals surface area contributed by atoms with Gasteiger partial charge in [-0.25, -0.2) is 22.0 Å². The number of halogens is 5. The number of carbonyl (C=O) groups excluding carboxylic acids is 1. The molecular formula is C21H14F5NO. The zero-order valence-electron chi connectivity index (χ0n) is 14.4. The number of para-hydroxylation sites is 1. The van der Waals surface area contributed by atoms with Crippen LogP contribution in [-0.2, 0) is 17.6 Å². The molecule has 3 aromatic carbocycles. The third-order valence-corrected chi connectivity index (χ3v) is 4.17. The molecule has 0 spiro atoms. The lowest BCUT2D eigenvalue weighted by Gasteiger charge is -2.12. The highest BCUT2D eigenvalue weighted by atomic mass is 19.2. The molecule has 1 N–H and O–H groups in total. The molecule has 0 bridgehead atoms. The van der Waals surface area contributed by atoms with E-state index in [2.05, 4.69) is 5.32 Å². The molecule has 3 rings (SSSR count). The smallest absolute Gasteiger partial charge is 0.229 e. The first-order valence-electron chi connectivity index (χ1n) is 8.30. The van der Waals surface area contributed by atoms with Crippen LogP contribution in [0, 0.1) is 29.1 Å². The summed E-state index contributed by atoms with van der Waals surface area (Å²) >= 11 is 0. The topological polar surface area (TPSA) is 29.1 Å². The highest BCUT2D eigenvalue weighted by Gasteiger charge is 2.27. The summed E-state index contributed by atoms with van der Waals surface area (Å²) in [5.41, 5.74) is 0.929.